The third kappa shape index (κ3) is 3.01. The monoisotopic (exact) mass is 409 g/mol. The van der Waals surface area contributed by atoms with Crippen LogP contribution in [0.4, 0.5) is 0 Å². The van der Waals surface area contributed by atoms with Crippen LogP contribution < -0.4 is 4.74 Å². The molecule has 0 bridgehead atoms. The van der Waals surface area contributed by atoms with E-state index >= 15 is 0 Å². The van der Waals surface area contributed by atoms with E-state index < -0.39 is 6.10 Å². The molecule has 1 aromatic carbocycles. The van der Waals surface area contributed by atoms with Crippen LogP contribution in [0.2, 0.25) is 0 Å². The van der Waals surface area contributed by atoms with E-state index in [-0.39, 0.29) is 5.97 Å². The third-order valence-corrected chi connectivity index (χ3v) is 5.81. The minimum Gasteiger partial charge on any atom is -0.496 e. The predicted octanol–water partition coefficient (Wildman–Crippen LogP) is 3.66. The molecule has 0 radical (unpaired) electrons. The maximum absolute atomic E-state index is 13.2. The molecule has 7 heteroatoms. The number of esters is 1. The van der Waals surface area contributed by atoms with Gasteiger partial charge in [0.05, 0.1) is 36.6 Å². The van der Waals surface area contributed by atoms with Crippen LogP contribution in [0.25, 0.3) is 22.6 Å². The van der Waals surface area contributed by atoms with E-state index in [0.29, 0.717) is 17.9 Å². The number of fused-ring (bicyclic) bond motifs is 3. The summed E-state index contributed by atoms with van der Waals surface area (Å²) in [6, 6.07) is 3.91. The lowest BCUT2D eigenvalue weighted by Gasteiger charge is -2.24. The number of hydrogen-bond donors (Lipinski definition) is 1. The first-order valence-electron chi connectivity index (χ1n) is 10.2. The molecule has 7 nitrogen and oxygen atoms in total. The lowest BCUT2D eigenvalue weighted by atomic mass is 9.92. The maximum Gasteiger partial charge on any atom is 0.341 e. The van der Waals surface area contributed by atoms with Crippen molar-refractivity contribution in [1.82, 2.24) is 14.1 Å². The van der Waals surface area contributed by atoms with Gasteiger partial charge in [-0.1, -0.05) is 0 Å². The zero-order chi connectivity index (χ0) is 21.6. The normalized spacial score (nSPS) is 13.5. The molecule has 3 heterocycles. The van der Waals surface area contributed by atoms with Crippen LogP contribution in [0.1, 0.15) is 47.1 Å². The highest BCUT2D eigenvalue weighted by Crippen LogP contribution is 2.44. The van der Waals surface area contributed by atoms with Crippen molar-refractivity contribution >= 4 is 5.97 Å². The van der Waals surface area contributed by atoms with Gasteiger partial charge < -0.3 is 23.7 Å². The number of aliphatic hydroxyl groups is 1. The second-order valence-corrected chi connectivity index (χ2v) is 7.60. The molecule has 30 heavy (non-hydrogen) atoms. The number of aromatic nitrogens is 3. The van der Waals surface area contributed by atoms with Gasteiger partial charge in [0.25, 0.3) is 0 Å². The molecule has 0 aliphatic carbocycles. The number of hydrogen-bond acceptors (Lipinski definition) is 5. The summed E-state index contributed by atoms with van der Waals surface area (Å²) in [5.74, 6) is 0.967. The quantitative estimate of drug-likeness (QED) is 0.651. The van der Waals surface area contributed by atoms with Crippen molar-refractivity contribution in [2.75, 3.05) is 13.7 Å². The van der Waals surface area contributed by atoms with Gasteiger partial charge in [-0.05, 0) is 44.9 Å². The standard InChI is InChI=1S/C23H27N3O4/c1-6-30-23(28)20-19(22-24-8-10-25(22)4)13(2)26-9-7-15-11-16(14(3)27)18(29-5)12-17(15)21(20)26/h8,10-12,14,27H,6-7,9H2,1-5H3. The maximum atomic E-state index is 13.2. The SMILES string of the molecule is CCOC(=O)c1c(-c2nccn2C)c(C)n2c1-c1cc(OC)c(C(C)O)cc1CC2. The molecule has 0 spiro atoms. The first-order chi connectivity index (χ1) is 14.4. The molecule has 1 atom stereocenters. The van der Waals surface area contributed by atoms with Crippen molar-refractivity contribution < 1.29 is 19.4 Å². The van der Waals surface area contributed by atoms with Crippen molar-refractivity contribution in [1.29, 1.82) is 0 Å². The molecule has 158 valence electrons. The van der Waals surface area contributed by atoms with Gasteiger partial charge in [-0.3, -0.25) is 0 Å². The van der Waals surface area contributed by atoms with Gasteiger partial charge in [0, 0.05) is 42.8 Å². The Morgan fingerprint density at radius 3 is 2.73 bits per heavy atom. The number of rotatable bonds is 5. The van der Waals surface area contributed by atoms with Crippen LogP contribution in [-0.4, -0.2) is 38.9 Å². The molecule has 0 fully saturated rings. The smallest absolute Gasteiger partial charge is 0.341 e. The summed E-state index contributed by atoms with van der Waals surface area (Å²) in [4.78, 5) is 17.7. The van der Waals surface area contributed by atoms with Crippen molar-refractivity contribution in [2.45, 2.75) is 39.8 Å². The van der Waals surface area contributed by atoms with E-state index in [1.165, 1.54) is 0 Å². The summed E-state index contributed by atoms with van der Waals surface area (Å²) in [6.07, 6.45) is 3.75. The van der Waals surface area contributed by atoms with E-state index in [1.807, 2.05) is 36.9 Å². The van der Waals surface area contributed by atoms with Gasteiger partial charge in [-0.25, -0.2) is 9.78 Å². The van der Waals surface area contributed by atoms with E-state index in [0.717, 1.165) is 52.4 Å². The highest BCUT2D eigenvalue weighted by Gasteiger charge is 2.33. The summed E-state index contributed by atoms with van der Waals surface area (Å²) < 4.78 is 15.1. The molecule has 0 saturated heterocycles. The number of aliphatic hydroxyl groups excluding tert-OH is 1. The molecule has 1 N–H and O–H groups in total. The average Bonchev–Trinajstić information content (AvgIpc) is 3.27. The number of carbonyl (C=O) groups is 1. The highest BCUT2D eigenvalue weighted by atomic mass is 16.5. The minimum absolute atomic E-state index is 0.291. The van der Waals surface area contributed by atoms with E-state index in [2.05, 4.69) is 9.55 Å². The van der Waals surface area contributed by atoms with Crippen LogP contribution in [-0.2, 0) is 24.8 Å². The molecule has 3 aromatic rings. The number of methoxy groups -OCH3 is 1. The molecule has 4 rings (SSSR count). The van der Waals surface area contributed by atoms with Gasteiger partial charge in [0.15, 0.2) is 0 Å². The molecule has 1 unspecified atom stereocenters. The van der Waals surface area contributed by atoms with Crippen LogP contribution in [0.3, 0.4) is 0 Å². The van der Waals surface area contributed by atoms with Crippen LogP contribution in [0.15, 0.2) is 24.5 Å². The first kappa shape index (κ1) is 20.2. The summed E-state index contributed by atoms with van der Waals surface area (Å²) in [5, 5.41) is 10.2. The molecule has 2 aromatic heterocycles. The largest absolute Gasteiger partial charge is 0.496 e. The Morgan fingerprint density at radius 2 is 2.13 bits per heavy atom. The van der Waals surface area contributed by atoms with Crippen molar-refractivity contribution in [2.24, 2.45) is 7.05 Å². The van der Waals surface area contributed by atoms with Crippen LogP contribution >= 0.6 is 0 Å². The van der Waals surface area contributed by atoms with Crippen molar-refractivity contribution in [3.8, 4) is 28.4 Å². The first-order valence-corrected chi connectivity index (χ1v) is 10.2. The number of ether oxygens (including phenoxy) is 2. The van der Waals surface area contributed by atoms with E-state index in [1.54, 1.807) is 27.2 Å². The Hall–Kier alpha value is -3.06. The predicted molar refractivity (Wildman–Crippen MR) is 114 cm³/mol. The summed E-state index contributed by atoms with van der Waals surface area (Å²) in [7, 11) is 3.51. The Balaban J connectivity index is 2.05. The highest BCUT2D eigenvalue weighted by molar-refractivity contribution is 6.04. The second kappa shape index (κ2) is 7.65. The third-order valence-electron chi connectivity index (χ3n) is 5.81. The summed E-state index contributed by atoms with van der Waals surface area (Å²) in [6.45, 7) is 6.57. The Labute approximate surface area is 175 Å². The molecule has 0 amide bonds. The fourth-order valence-corrected chi connectivity index (χ4v) is 4.39. The number of benzene rings is 1. The second-order valence-electron chi connectivity index (χ2n) is 7.60. The Kier molecular flexibility index (Phi) is 5.15. The average molecular weight is 409 g/mol. The molecule has 1 aliphatic heterocycles. The Morgan fingerprint density at radius 1 is 1.37 bits per heavy atom. The zero-order valence-electron chi connectivity index (χ0n) is 18.0. The molecule has 0 saturated carbocycles. The lowest BCUT2D eigenvalue weighted by molar-refractivity contribution is 0.0528. The number of imidazole rings is 1. The zero-order valence-corrected chi connectivity index (χ0v) is 18.0. The minimum atomic E-state index is -0.645. The molecular weight excluding hydrogens is 382 g/mol. The number of nitrogens with zero attached hydrogens (tertiary/aromatic N) is 3. The lowest BCUT2D eigenvalue weighted by Crippen LogP contribution is -2.15. The fourth-order valence-electron chi connectivity index (χ4n) is 4.39. The van der Waals surface area contributed by atoms with Crippen molar-refractivity contribution in [3.05, 3.63) is 46.9 Å². The summed E-state index contributed by atoms with van der Waals surface area (Å²) >= 11 is 0. The fraction of sp³-hybridized carbons (Fsp3) is 0.391. The van der Waals surface area contributed by atoms with Crippen molar-refractivity contribution in [3.63, 3.8) is 0 Å². The van der Waals surface area contributed by atoms with E-state index in [9.17, 15) is 9.90 Å². The van der Waals surface area contributed by atoms with Gasteiger partial charge in [-0.15, -0.1) is 0 Å². The number of aryl methyl sites for hydroxylation is 2. The number of carbonyl (C=O) groups excluding carboxylic acids is 1. The van der Waals surface area contributed by atoms with Crippen LogP contribution in [0, 0.1) is 6.92 Å². The van der Waals surface area contributed by atoms with Gasteiger partial charge >= 0.3 is 5.97 Å². The van der Waals surface area contributed by atoms with Crippen LogP contribution in [0.5, 0.6) is 5.75 Å². The van der Waals surface area contributed by atoms with Gasteiger partial charge in [0.1, 0.15) is 11.6 Å². The topological polar surface area (TPSA) is 78.5 Å². The van der Waals surface area contributed by atoms with Gasteiger partial charge in [-0.2, -0.15) is 0 Å². The summed E-state index contributed by atoms with van der Waals surface area (Å²) in [5.41, 5.74) is 5.86. The van der Waals surface area contributed by atoms with Gasteiger partial charge in [0.2, 0.25) is 0 Å². The Bertz CT molecular complexity index is 1120. The van der Waals surface area contributed by atoms with E-state index in [4.69, 9.17) is 9.47 Å². The molecule has 1 aliphatic rings. The molecular formula is C23H27N3O4.